The molecular formula is C6H10O7P-3. The van der Waals surface area contributed by atoms with Gasteiger partial charge in [0.1, 0.15) is 0 Å². The van der Waals surface area contributed by atoms with Crippen molar-refractivity contribution in [3.63, 3.8) is 0 Å². The largest absolute Gasteiger partial charge is 0.790 e. The predicted octanol–water partition coefficient (Wildman–Crippen LogP) is -2.89. The van der Waals surface area contributed by atoms with Crippen LogP contribution in [0.15, 0.2) is 0 Å². The number of aliphatic hydroxyl groups excluding tert-OH is 1. The van der Waals surface area contributed by atoms with Gasteiger partial charge in [0.15, 0.2) is 0 Å². The fourth-order valence-corrected chi connectivity index (χ4v) is 1.67. The molecule has 0 aromatic carbocycles. The number of carboxylic acid groups (broad SMARTS) is 1. The van der Waals surface area contributed by atoms with E-state index in [4.69, 9.17) is 5.11 Å². The predicted molar refractivity (Wildman–Crippen MR) is 38.4 cm³/mol. The van der Waals surface area contributed by atoms with E-state index in [1.165, 1.54) is 0 Å². The molecule has 0 bridgehead atoms. The molecule has 0 saturated heterocycles. The Morgan fingerprint density at radius 2 is 2.07 bits per heavy atom. The first-order valence-corrected chi connectivity index (χ1v) is 5.18. The van der Waals surface area contributed by atoms with Gasteiger partial charge in [0.05, 0.1) is 13.4 Å². The van der Waals surface area contributed by atoms with Gasteiger partial charge in [0.2, 0.25) is 0 Å². The Labute approximate surface area is 80.6 Å². The average molecular weight is 225 g/mol. The van der Waals surface area contributed by atoms with Gasteiger partial charge in [-0.1, -0.05) is 0 Å². The first-order valence-electron chi connectivity index (χ1n) is 3.72. The Hall–Kier alpha value is -0.460. The number of phosphoric acid groups is 1. The average Bonchev–Trinajstić information content (AvgIpc) is 1.78. The van der Waals surface area contributed by atoms with E-state index >= 15 is 0 Å². The molecule has 0 aromatic heterocycles. The smallest absolute Gasteiger partial charge is 0.0780 e. The van der Waals surface area contributed by atoms with Crippen LogP contribution in [0.2, 0.25) is 0 Å². The van der Waals surface area contributed by atoms with E-state index in [0.29, 0.717) is 0 Å². The van der Waals surface area contributed by atoms with Crippen molar-refractivity contribution in [3.8, 4) is 0 Å². The summed E-state index contributed by atoms with van der Waals surface area (Å²) in [5.41, 5.74) is -1.74. The lowest BCUT2D eigenvalue weighted by Gasteiger charge is -2.40. The van der Waals surface area contributed by atoms with Crippen LogP contribution in [0.25, 0.3) is 0 Å². The van der Waals surface area contributed by atoms with Crippen LogP contribution in [-0.2, 0) is 13.9 Å². The molecule has 0 aliphatic rings. The maximum atomic E-state index is 10.3. The van der Waals surface area contributed by atoms with Gasteiger partial charge in [-0.2, -0.15) is 0 Å². The molecular weight excluding hydrogens is 215 g/mol. The molecule has 0 heterocycles. The molecule has 0 spiro atoms. The van der Waals surface area contributed by atoms with Crippen molar-refractivity contribution in [2.45, 2.75) is 25.4 Å². The molecule has 0 radical (unpaired) electrons. The van der Waals surface area contributed by atoms with Crippen LogP contribution in [-0.4, -0.2) is 23.3 Å². The van der Waals surface area contributed by atoms with E-state index < -0.39 is 32.4 Å². The van der Waals surface area contributed by atoms with Crippen molar-refractivity contribution >= 4 is 13.8 Å². The number of phosphoric ester groups is 1. The molecule has 0 aliphatic heterocycles. The number of carboxylic acids is 1. The second kappa shape index (κ2) is 4.86. The molecule has 1 atom stereocenters. The van der Waals surface area contributed by atoms with E-state index in [0.717, 1.165) is 6.92 Å². The molecule has 0 fully saturated rings. The molecule has 0 rings (SSSR count). The quantitative estimate of drug-likeness (QED) is 0.479. The summed E-state index contributed by atoms with van der Waals surface area (Å²) in [5.74, 6) is -1.56. The second-order valence-electron chi connectivity index (χ2n) is 3.01. The summed E-state index contributed by atoms with van der Waals surface area (Å²) in [6.45, 7) is 0.602. The van der Waals surface area contributed by atoms with E-state index in [1.54, 1.807) is 0 Å². The summed E-state index contributed by atoms with van der Waals surface area (Å²) in [7, 11) is -5.28. The highest BCUT2D eigenvalue weighted by Gasteiger charge is 2.26. The molecule has 0 unspecified atom stereocenters. The van der Waals surface area contributed by atoms with E-state index in [1.807, 2.05) is 0 Å². The zero-order valence-corrected chi connectivity index (χ0v) is 8.36. The minimum Gasteiger partial charge on any atom is -0.790 e. The van der Waals surface area contributed by atoms with Gasteiger partial charge in [0.25, 0.3) is 0 Å². The normalized spacial score (nSPS) is 16.3. The maximum absolute atomic E-state index is 10.3. The molecule has 0 aromatic rings. The number of hydrogen-bond acceptors (Lipinski definition) is 7. The zero-order chi connectivity index (χ0) is 11.4. The molecule has 0 aliphatic carbocycles. The summed E-state index contributed by atoms with van der Waals surface area (Å²) in [6.07, 6.45) is -1.06. The molecule has 0 amide bonds. The first kappa shape index (κ1) is 13.5. The second-order valence-corrected chi connectivity index (χ2v) is 4.09. The lowest BCUT2D eigenvalue weighted by atomic mass is 9.99. The van der Waals surface area contributed by atoms with Crippen molar-refractivity contribution in [2.75, 3.05) is 6.61 Å². The molecule has 84 valence electrons. The number of carbonyl (C=O) groups is 1. The summed E-state index contributed by atoms with van der Waals surface area (Å²) >= 11 is 0. The Morgan fingerprint density at radius 1 is 1.57 bits per heavy atom. The SMILES string of the molecule is C[C@@](CCO)(CC(=O)[O-])OP(=O)([O-])[O-]. The fraction of sp³-hybridized carbons (Fsp3) is 0.833. The van der Waals surface area contributed by atoms with Gasteiger partial charge >= 0.3 is 0 Å². The van der Waals surface area contributed by atoms with E-state index in [-0.39, 0.29) is 6.42 Å². The minimum absolute atomic E-state index is 0.282. The summed E-state index contributed by atoms with van der Waals surface area (Å²) in [5, 5.41) is 18.7. The third-order valence-electron chi connectivity index (χ3n) is 1.49. The Morgan fingerprint density at radius 3 is 2.36 bits per heavy atom. The molecule has 0 saturated carbocycles. The number of carbonyl (C=O) groups excluding carboxylic acids is 1. The van der Waals surface area contributed by atoms with Crippen LogP contribution in [0, 0.1) is 0 Å². The van der Waals surface area contributed by atoms with E-state index in [9.17, 15) is 24.3 Å². The minimum atomic E-state index is -5.28. The van der Waals surface area contributed by atoms with E-state index in [2.05, 4.69) is 4.52 Å². The Balaban J connectivity index is 4.54. The van der Waals surface area contributed by atoms with Crippen molar-refractivity contribution in [1.82, 2.24) is 0 Å². The standard InChI is InChI=1S/C6H13O7P/c1-6(2-3-7,4-5(8)9)13-14(10,11)12/h7H,2-4H2,1H3,(H,8,9)(H2,10,11,12)/p-3/t6-/m1/s1. The highest BCUT2D eigenvalue weighted by Crippen LogP contribution is 2.36. The molecule has 7 nitrogen and oxygen atoms in total. The van der Waals surface area contributed by atoms with Crippen LogP contribution in [0.1, 0.15) is 19.8 Å². The lowest BCUT2D eigenvalue weighted by molar-refractivity contribution is -0.350. The maximum Gasteiger partial charge on any atom is 0.0780 e. The Bertz CT molecular complexity index is 247. The number of rotatable bonds is 6. The monoisotopic (exact) mass is 225 g/mol. The van der Waals surface area contributed by atoms with Crippen LogP contribution >= 0.6 is 7.82 Å². The molecule has 1 N–H and O–H groups in total. The number of hydrogen-bond donors (Lipinski definition) is 1. The van der Waals surface area contributed by atoms with Gasteiger partial charge in [-0.25, -0.2) is 0 Å². The van der Waals surface area contributed by atoms with Gasteiger partial charge in [-0.15, -0.1) is 0 Å². The van der Waals surface area contributed by atoms with Crippen LogP contribution in [0.4, 0.5) is 0 Å². The van der Waals surface area contributed by atoms with Crippen molar-refractivity contribution in [2.24, 2.45) is 0 Å². The van der Waals surface area contributed by atoms with Crippen LogP contribution < -0.4 is 14.9 Å². The Kier molecular flexibility index (Phi) is 4.70. The van der Waals surface area contributed by atoms with Gasteiger partial charge < -0.3 is 33.9 Å². The van der Waals surface area contributed by atoms with Crippen LogP contribution in [0.3, 0.4) is 0 Å². The summed E-state index contributed by atoms with van der Waals surface area (Å²) < 4.78 is 14.3. The zero-order valence-electron chi connectivity index (χ0n) is 7.47. The van der Waals surface area contributed by atoms with Crippen molar-refractivity contribution in [3.05, 3.63) is 0 Å². The lowest BCUT2D eigenvalue weighted by Crippen LogP contribution is -2.40. The number of aliphatic hydroxyl groups is 1. The first-order chi connectivity index (χ1) is 6.18. The molecule has 8 heteroatoms. The van der Waals surface area contributed by atoms with Crippen molar-refractivity contribution < 1.29 is 33.9 Å². The van der Waals surface area contributed by atoms with Crippen molar-refractivity contribution in [1.29, 1.82) is 0 Å². The van der Waals surface area contributed by atoms with Gasteiger partial charge in [0, 0.05) is 19.0 Å². The highest BCUT2D eigenvalue weighted by molar-refractivity contribution is 7.43. The summed E-state index contributed by atoms with van der Waals surface area (Å²) in [6, 6.07) is 0. The third-order valence-corrected chi connectivity index (χ3v) is 2.16. The van der Waals surface area contributed by atoms with Crippen LogP contribution in [0.5, 0.6) is 0 Å². The third kappa shape index (κ3) is 6.06. The summed E-state index contributed by atoms with van der Waals surface area (Å²) in [4.78, 5) is 30.7. The fourth-order valence-electron chi connectivity index (χ4n) is 0.978. The van der Waals surface area contributed by atoms with Gasteiger partial charge in [-0.3, -0.25) is 0 Å². The number of aliphatic carboxylic acids is 1. The van der Waals surface area contributed by atoms with Gasteiger partial charge in [-0.05, 0) is 13.3 Å². The highest BCUT2D eigenvalue weighted by atomic mass is 31.2. The molecule has 14 heavy (non-hydrogen) atoms. The topological polar surface area (TPSA) is 133 Å².